The molecule has 0 spiro atoms. The van der Waals surface area contributed by atoms with Crippen molar-refractivity contribution in [2.24, 2.45) is 0 Å². The Kier molecular flexibility index (Phi) is 5.46. The van der Waals surface area contributed by atoms with Gasteiger partial charge in [-0.15, -0.1) is 0 Å². The van der Waals surface area contributed by atoms with Crippen LogP contribution in [0, 0.1) is 17.5 Å². The number of benzene rings is 2. The Morgan fingerprint density at radius 1 is 1.13 bits per heavy atom. The zero-order valence-electron chi connectivity index (χ0n) is 11.6. The molecule has 122 valence electrons. The van der Waals surface area contributed by atoms with Crippen LogP contribution >= 0.6 is 11.6 Å². The summed E-state index contributed by atoms with van der Waals surface area (Å²) < 4.78 is 39.6. The molecule has 0 saturated carbocycles. The highest BCUT2D eigenvalue weighted by Crippen LogP contribution is 2.20. The van der Waals surface area contributed by atoms with Crippen molar-refractivity contribution in [2.75, 3.05) is 11.9 Å². The van der Waals surface area contributed by atoms with Gasteiger partial charge in [-0.05, 0) is 29.8 Å². The minimum Gasteiger partial charge on any atom is -0.387 e. The van der Waals surface area contributed by atoms with E-state index in [0.717, 1.165) is 24.3 Å². The molecule has 3 N–H and O–H groups in total. The Bertz CT molecular complexity index is 728. The third-order valence-electron chi connectivity index (χ3n) is 2.96. The minimum atomic E-state index is -1.19. The molecule has 0 saturated heterocycles. The number of urea groups is 1. The number of nitrogens with one attached hydrogen (secondary N) is 2. The number of amides is 2. The van der Waals surface area contributed by atoms with Crippen molar-refractivity contribution in [3.05, 3.63) is 64.4 Å². The first-order chi connectivity index (χ1) is 10.9. The number of hydrogen-bond donors (Lipinski definition) is 3. The fourth-order valence-electron chi connectivity index (χ4n) is 1.79. The summed E-state index contributed by atoms with van der Waals surface area (Å²) in [7, 11) is 0. The molecule has 0 bridgehead atoms. The van der Waals surface area contributed by atoms with Crippen molar-refractivity contribution in [3.8, 4) is 0 Å². The number of halogens is 4. The lowest BCUT2D eigenvalue weighted by atomic mass is 10.1. The van der Waals surface area contributed by atoms with Gasteiger partial charge in [-0.2, -0.15) is 0 Å². The Balaban J connectivity index is 1.93. The Hall–Kier alpha value is -2.25. The second-order valence-electron chi connectivity index (χ2n) is 4.65. The smallest absolute Gasteiger partial charge is 0.319 e. The summed E-state index contributed by atoms with van der Waals surface area (Å²) >= 11 is 5.53. The summed E-state index contributed by atoms with van der Waals surface area (Å²) in [5, 5.41) is 14.1. The van der Waals surface area contributed by atoms with Gasteiger partial charge in [0.05, 0.1) is 16.8 Å². The van der Waals surface area contributed by atoms with Gasteiger partial charge in [0.1, 0.15) is 17.5 Å². The zero-order chi connectivity index (χ0) is 17.0. The molecule has 4 nitrogen and oxygen atoms in total. The molecule has 0 heterocycles. The molecule has 8 heteroatoms. The van der Waals surface area contributed by atoms with E-state index >= 15 is 0 Å². The number of aliphatic hydroxyl groups excluding tert-OH is 1. The fourth-order valence-corrected chi connectivity index (χ4v) is 1.90. The average Bonchev–Trinajstić information content (AvgIpc) is 2.51. The predicted octanol–water partition coefficient (Wildman–Crippen LogP) is 3.61. The number of carbonyl (C=O) groups is 1. The van der Waals surface area contributed by atoms with Crippen molar-refractivity contribution in [2.45, 2.75) is 6.10 Å². The molecule has 0 aliphatic rings. The Morgan fingerprint density at radius 3 is 2.57 bits per heavy atom. The highest BCUT2D eigenvalue weighted by atomic mass is 35.5. The largest absolute Gasteiger partial charge is 0.387 e. The van der Waals surface area contributed by atoms with E-state index in [1.54, 1.807) is 0 Å². The van der Waals surface area contributed by atoms with Gasteiger partial charge in [0.15, 0.2) is 0 Å². The molecule has 1 atom stereocenters. The molecular formula is C15H12ClF3N2O2. The lowest BCUT2D eigenvalue weighted by Gasteiger charge is -2.13. The van der Waals surface area contributed by atoms with Crippen molar-refractivity contribution >= 4 is 23.3 Å². The maximum absolute atomic E-state index is 13.4. The first-order valence-corrected chi connectivity index (χ1v) is 6.87. The Morgan fingerprint density at radius 2 is 1.87 bits per heavy atom. The summed E-state index contributed by atoms with van der Waals surface area (Å²) in [5.74, 6) is -2.21. The molecule has 0 aliphatic carbocycles. The van der Waals surface area contributed by atoms with Crippen LogP contribution in [0.15, 0.2) is 36.4 Å². The van der Waals surface area contributed by atoms with Crippen LogP contribution in [0.2, 0.25) is 5.02 Å². The second-order valence-corrected chi connectivity index (χ2v) is 5.06. The van der Waals surface area contributed by atoms with Gasteiger partial charge in [-0.1, -0.05) is 17.7 Å². The molecule has 0 aromatic heterocycles. The summed E-state index contributed by atoms with van der Waals surface area (Å²) in [4.78, 5) is 11.6. The molecule has 2 aromatic rings. The van der Waals surface area contributed by atoms with Crippen LogP contribution in [0.5, 0.6) is 0 Å². The number of hydrogen-bond acceptors (Lipinski definition) is 2. The third kappa shape index (κ3) is 4.61. The highest BCUT2D eigenvalue weighted by Gasteiger charge is 2.13. The van der Waals surface area contributed by atoms with Gasteiger partial charge >= 0.3 is 6.03 Å². The van der Waals surface area contributed by atoms with Crippen LogP contribution in [-0.2, 0) is 0 Å². The SMILES string of the molecule is O=C(NCC(O)c1ccc(Cl)c(F)c1)Nc1cc(F)ccc1F. The molecule has 23 heavy (non-hydrogen) atoms. The first-order valence-electron chi connectivity index (χ1n) is 6.49. The quantitative estimate of drug-likeness (QED) is 0.793. The van der Waals surface area contributed by atoms with E-state index < -0.39 is 29.6 Å². The van der Waals surface area contributed by atoms with Gasteiger partial charge in [0, 0.05) is 12.6 Å². The van der Waals surface area contributed by atoms with Gasteiger partial charge in [0.2, 0.25) is 0 Å². The number of carbonyl (C=O) groups excluding carboxylic acids is 1. The van der Waals surface area contributed by atoms with E-state index in [-0.39, 0.29) is 22.8 Å². The normalized spacial score (nSPS) is 11.9. The predicted molar refractivity (Wildman–Crippen MR) is 79.7 cm³/mol. The summed E-state index contributed by atoms with van der Waals surface area (Å²) in [6.45, 7) is -0.260. The molecule has 0 radical (unpaired) electrons. The van der Waals surface area contributed by atoms with E-state index in [1.165, 1.54) is 12.1 Å². The van der Waals surface area contributed by atoms with E-state index in [1.807, 2.05) is 0 Å². The lowest BCUT2D eigenvalue weighted by molar-refractivity contribution is 0.174. The molecule has 1 unspecified atom stereocenters. The van der Waals surface area contributed by atoms with Crippen LogP contribution in [-0.4, -0.2) is 17.7 Å². The average molecular weight is 345 g/mol. The molecule has 0 fully saturated rings. The maximum Gasteiger partial charge on any atom is 0.319 e. The molecule has 2 aromatic carbocycles. The van der Waals surface area contributed by atoms with Crippen molar-refractivity contribution in [1.82, 2.24) is 5.32 Å². The third-order valence-corrected chi connectivity index (χ3v) is 3.27. The van der Waals surface area contributed by atoms with E-state index in [0.29, 0.717) is 0 Å². The van der Waals surface area contributed by atoms with Crippen LogP contribution in [0.25, 0.3) is 0 Å². The molecule has 0 aliphatic heterocycles. The van der Waals surface area contributed by atoms with Crippen LogP contribution in [0.3, 0.4) is 0 Å². The number of anilines is 1. The van der Waals surface area contributed by atoms with Gasteiger partial charge in [-0.3, -0.25) is 0 Å². The molecule has 2 rings (SSSR count). The van der Waals surface area contributed by atoms with Crippen LogP contribution in [0.1, 0.15) is 11.7 Å². The summed E-state index contributed by atoms with van der Waals surface area (Å²) in [6, 6.07) is 5.48. The number of rotatable bonds is 4. The fraction of sp³-hybridized carbons (Fsp3) is 0.133. The van der Waals surface area contributed by atoms with E-state index in [9.17, 15) is 23.1 Å². The van der Waals surface area contributed by atoms with Crippen molar-refractivity contribution in [3.63, 3.8) is 0 Å². The van der Waals surface area contributed by atoms with Gasteiger partial charge in [-0.25, -0.2) is 18.0 Å². The maximum atomic E-state index is 13.4. The standard InChI is InChI=1S/C15H12ClF3N2O2/c16-10-3-1-8(5-12(10)19)14(22)7-20-15(23)21-13-6-9(17)2-4-11(13)18/h1-6,14,22H,7H2,(H2,20,21,23). The first kappa shape index (κ1) is 17.1. The van der Waals surface area contributed by atoms with Gasteiger partial charge in [0.25, 0.3) is 0 Å². The lowest BCUT2D eigenvalue weighted by Crippen LogP contribution is -2.32. The van der Waals surface area contributed by atoms with Crippen LogP contribution < -0.4 is 10.6 Å². The van der Waals surface area contributed by atoms with Gasteiger partial charge < -0.3 is 15.7 Å². The van der Waals surface area contributed by atoms with Crippen LogP contribution in [0.4, 0.5) is 23.7 Å². The van der Waals surface area contributed by atoms with Crippen molar-refractivity contribution in [1.29, 1.82) is 0 Å². The molecule has 2 amide bonds. The van der Waals surface area contributed by atoms with Crippen molar-refractivity contribution < 1.29 is 23.1 Å². The Labute approximate surface area is 134 Å². The topological polar surface area (TPSA) is 61.4 Å². The summed E-state index contributed by atoms with van der Waals surface area (Å²) in [6.07, 6.45) is -1.19. The van der Waals surface area contributed by atoms with E-state index in [4.69, 9.17) is 11.6 Å². The zero-order valence-corrected chi connectivity index (χ0v) is 12.4. The molecular weight excluding hydrogens is 333 g/mol. The summed E-state index contributed by atoms with van der Waals surface area (Å²) in [5.41, 5.74) is -0.126. The minimum absolute atomic E-state index is 0.0896. The second kappa shape index (κ2) is 7.34. The number of aliphatic hydroxyl groups is 1. The highest BCUT2D eigenvalue weighted by molar-refractivity contribution is 6.30. The monoisotopic (exact) mass is 344 g/mol. The van der Waals surface area contributed by atoms with E-state index in [2.05, 4.69) is 10.6 Å².